The van der Waals surface area contributed by atoms with Gasteiger partial charge in [0.1, 0.15) is 12.9 Å². The van der Waals surface area contributed by atoms with Crippen LogP contribution in [-0.2, 0) is 112 Å². The Morgan fingerprint density at radius 1 is 0.925 bits per heavy atom. The van der Waals surface area contributed by atoms with E-state index < -0.39 is 27.7 Å². The van der Waals surface area contributed by atoms with Gasteiger partial charge in [0.05, 0.1) is 17.8 Å². The number of ketones is 1. The number of carbonyl (C=O) groups excluding carboxylic acids is 1. The van der Waals surface area contributed by atoms with Crippen LogP contribution < -0.4 is 10.6 Å². The quantitative estimate of drug-likeness (QED) is 0.141. The molecule has 10 heteroatoms. The van der Waals surface area contributed by atoms with Crippen LogP contribution in [0, 0.1) is 29.1 Å². The number of hydrogen-bond donors (Lipinski definition) is 2. The van der Waals surface area contributed by atoms with E-state index in [4.69, 9.17) is 4.43 Å². The van der Waals surface area contributed by atoms with Gasteiger partial charge in [-0.3, -0.25) is 4.79 Å². The second-order valence-electron chi connectivity index (χ2n) is 16.9. The summed E-state index contributed by atoms with van der Waals surface area (Å²) in [7, 11) is -4.36. The molecule has 0 bridgehead atoms. The Balaban J connectivity index is 0.000000502. The molecule has 2 N–H and O–H groups in total. The fraction of sp³-hybridized carbons (Fsp3) is 0.558. The minimum absolute atomic E-state index is 0. The minimum atomic E-state index is -2.81. The third-order valence-electron chi connectivity index (χ3n) is 11.7. The first-order valence-electron chi connectivity index (χ1n) is 18.7. The number of Topliss-reactive ketones (excluding diaryl/α,β-unsaturated/α-hetero) is 1. The van der Waals surface area contributed by atoms with E-state index in [-0.39, 0.29) is 109 Å². The van der Waals surface area contributed by atoms with Crippen LogP contribution in [0.2, 0.25) is 19.6 Å². The zero-order valence-electron chi connectivity index (χ0n) is 33.6. The van der Waals surface area contributed by atoms with Gasteiger partial charge in [-0.2, -0.15) is 0 Å². The maximum atomic E-state index is 13.9. The average Bonchev–Trinajstić information content (AvgIpc) is 3.43. The summed E-state index contributed by atoms with van der Waals surface area (Å²) in [5, 5.41) is 21.7. The summed E-state index contributed by atoms with van der Waals surface area (Å²) in [4.78, 5) is 12.3. The zero-order valence-corrected chi connectivity index (χ0v) is 44.0. The zero-order chi connectivity index (χ0) is 36.9. The van der Waals surface area contributed by atoms with Crippen LogP contribution in [0.15, 0.2) is 96.6 Å². The number of allylic oxidation sites excluding steroid dienone is 2. The van der Waals surface area contributed by atoms with Crippen molar-refractivity contribution in [3.63, 3.8) is 0 Å². The number of hydrogen-bond acceptors (Lipinski definition) is 5. The molecule has 2 aromatic carbocycles. The number of carbonyl (C=O) groups is 1. The van der Waals surface area contributed by atoms with Crippen molar-refractivity contribution in [2.24, 2.45) is 29.1 Å². The number of rotatable bonds is 10. The van der Waals surface area contributed by atoms with Gasteiger partial charge in [-0.15, -0.1) is 0 Å². The molecule has 3 fully saturated rings. The third-order valence-corrected chi connectivity index (χ3v) is 15.8. The molecule has 0 amide bonds. The molecule has 3 aliphatic rings. The Morgan fingerprint density at radius 2 is 1.43 bits per heavy atom. The maximum absolute atomic E-state index is 13.9. The normalized spacial score (nSPS) is 25.8. The fourth-order valence-electron chi connectivity index (χ4n) is 8.61. The van der Waals surface area contributed by atoms with Crippen LogP contribution in [0.1, 0.15) is 79.6 Å². The van der Waals surface area contributed by atoms with Crippen molar-refractivity contribution >= 4 is 31.9 Å². The topological polar surface area (TPSA) is 83.8 Å². The fourth-order valence-corrected chi connectivity index (χ4v) is 12.9. The van der Waals surface area contributed by atoms with Gasteiger partial charge in [0.25, 0.3) is 0 Å². The molecular weight excluding hydrogens is 922 g/mol. The van der Waals surface area contributed by atoms with E-state index >= 15 is 0 Å². The van der Waals surface area contributed by atoms with Crippen molar-refractivity contribution in [3.05, 3.63) is 96.6 Å². The molecule has 0 aliphatic heterocycles. The van der Waals surface area contributed by atoms with E-state index in [1.54, 1.807) is 0 Å². The van der Waals surface area contributed by atoms with Gasteiger partial charge in [0, 0.05) is 133 Å². The third kappa shape index (κ3) is 13.8. The van der Waals surface area contributed by atoms with E-state index in [2.05, 4.69) is 73.0 Å². The smallest absolute Gasteiger partial charge is 0.184 e. The van der Waals surface area contributed by atoms with E-state index in [9.17, 15) is 19.6 Å². The summed E-state index contributed by atoms with van der Waals surface area (Å²) >= 11 is 0. The predicted molar refractivity (Wildman–Crippen MR) is 212 cm³/mol. The van der Waals surface area contributed by atoms with Gasteiger partial charge in [-0.25, -0.2) is 0 Å². The molecule has 2 aromatic rings. The second kappa shape index (κ2) is 22.4. The van der Waals surface area contributed by atoms with Crippen molar-refractivity contribution in [1.29, 1.82) is 0 Å². The molecule has 0 saturated heterocycles. The number of benzene rings is 2. The molecule has 5 nitrogen and oxygen atoms in total. The molecule has 0 spiro atoms. The Bertz CT molecular complexity index is 1520. The SMILES string of the molecule is C=C1[C@H](O)CC(=CCP(=O)(c2ccccc2)c2ccccc2)C[C@H]1O.C[C@H](/C=C/[C@H](C)[C@H]1CC[C@H]2C(=O)CCC[C@]12C)C(C)(C)O[Si](C)(C)C.[Y].[Y].[Y]. The summed E-state index contributed by atoms with van der Waals surface area (Å²) in [5.41, 5.74) is 1.50. The van der Waals surface area contributed by atoms with Crippen LogP contribution in [0.25, 0.3) is 0 Å². The molecule has 3 saturated carbocycles. The van der Waals surface area contributed by atoms with Crippen molar-refractivity contribution in [2.75, 3.05) is 6.16 Å². The number of fused-ring (bicyclic) bond motifs is 1. The average molecular weight is 986 g/mol. The standard InChI is InChI=1S/C22H40O2Si.C21H23O3P.3Y/c1-16(11-12-17(2)21(3,4)24-25(6,7)8)18-13-14-19-20(23)10-9-15-22(18,19)5;1-16-20(22)14-17(15-21(16)23)12-13-25(24,18-8-4-2-5-9-18)19-10-6-3-7-11-19;;;/h11-12,16-19H,9-10,13-15H2,1-8H3;2-12,20-23H,1,13-15H2;;;/b12-11+;;;;/t16-,17+,18+,19-,22+;20-,21-;;;/m01.../s1. The molecule has 53 heavy (non-hydrogen) atoms. The summed E-state index contributed by atoms with van der Waals surface area (Å²) in [5.74, 6) is 2.42. The summed E-state index contributed by atoms with van der Waals surface area (Å²) < 4.78 is 20.3. The molecule has 7 atom stereocenters. The predicted octanol–water partition coefficient (Wildman–Crippen LogP) is 9.22. The summed E-state index contributed by atoms with van der Waals surface area (Å²) in [6, 6.07) is 19.0. The van der Waals surface area contributed by atoms with Crippen LogP contribution >= 0.6 is 7.14 Å². The van der Waals surface area contributed by atoms with Gasteiger partial charge < -0.3 is 19.2 Å². The molecule has 0 unspecified atom stereocenters. The van der Waals surface area contributed by atoms with Gasteiger partial charge in [-0.1, -0.05) is 112 Å². The molecule has 283 valence electrons. The van der Waals surface area contributed by atoms with Crippen molar-refractivity contribution in [3.8, 4) is 0 Å². The van der Waals surface area contributed by atoms with Crippen molar-refractivity contribution < 1.29 is 122 Å². The first-order valence-corrected chi connectivity index (χ1v) is 24.0. The molecule has 0 aromatic heterocycles. The summed E-state index contributed by atoms with van der Waals surface area (Å²) in [6.45, 7) is 22.0. The molecule has 5 rings (SSSR count). The monoisotopic (exact) mass is 985 g/mol. The van der Waals surface area contributed by atoms with Gasteiger partial charge in [0.15, 0.2) is 8.32 Å². The van der Waals surface area contributed by atoms with Gasteiger partial charge in [-0.05, 0) is 94.8 Å². The molecule has 3 radical (unpaired) electrons. The Morgan fingerprint density at radius 3 is 1.92 bits per heavy atom. The number of aliphatic hydroxyl groups is 2. The molecule has 3 aliphatic carbocycles. The van der Waals surface area contributed by atoms with E-state index in [1.807, 2.05) is 66.7 Å². The second-order valence-corrected chi connectivity index (χ2v) is 24.2. The van der Waals surface area contributed by atoms with Crippen molar-refractivity contribution in [2.45, 2.75) is 117 Å². The minimum Gasteiger partial charge on any atom is -0.412 e. The first kappa shape index (κ1) is 52.0. The Kier molecular flexibility index (Phi) is 21.9. The molecule has 0 heterocycles. The van der Waals surface area contributed by atoms with E-state index in [0.29, 0.717) is 54.0 Å². The van der Waals surface area contributed by atoms with E-state index in [0.717, 1.165) is 35.4 Å². The first-order chi connectivity index (χ1) is 23.4. The largest absolute Gasteiger partial charge is 0.412 e. The van der Waals surface area contributed by atoms with Gasteiger partial charge >= 0.3 is 0 Å². The number of aliphatic hydroxyl groups excluding tert-OH is 2. The van der Waals surface area contributed by atoms with Crippen LogP contribution in [-0.4, -0.2) is 48.3 Å². The van der Waals surface area contributed by atoms with E-state index in [1.165, 1.54) is 12.8 Å². The maximum Gasteiger partial charge on any atom is 0.184 e. The van der Waals surface area contributed by atoms with Crippen molar-refractivity contribution in [1.82, 2.24) is 0 Å². The van der Waals surface area contributed by atoms with Crippen LogP contribution in [0.4, 0.5) is 0 Å². The Hall–Kier alpha value is 0.969. The van der Waals surface area contributed by atoms with Gasteiger partial charge in [0.2, 0.25) is 0 Å². The van der Waals surface area contributed by atoms with Crippen LogP contribution in [0.3, 0.4) is 0 Å². The molecular formula is C43H63O5PSiY3. The summed E-state index contributed by atoms with van der Waals surface area (Å²) in [6.07, 6.45) is 12.0. The Labute approximate surface area is 398 Å². The van der Waals surface area contributed by atoms with Crippen LogP contribution in [0.5, 0.6) is 0 Å².